The molecule has 0 aliphatic carbocycles. The van der Waals surface area contributed by atoms with Gasteiger partial charge in [-0.1, -0.05) is 125 Å². The number of unbranched alkanes of at least 4 members (excludes halogenated alkanes) is 1. The normalized spacial score (nSPS) is 24.2. The summed E-state index contributed by atoms with van der Waals surface area (Å²) in [6.07, 6.45) is -3.82. The van der Waals surface area contributed by atoms with Crippen molar-refractivity contribution >= 4 is 117 Å². The molecule has 0 saturated carbocycles. The second-order valence-corrected chi connectivity index (χ2v) is 34.4. The van der Waals surface area contributed by atoms with Gasteiger partial charge in [0.25, 0.3) is 0 Å². The van der Waals surface area contributed by atoms with E-state index < -0.39 is 278 Å². The zero-order valence-corrected chi connectivity index (χ0v) is 75.3. The third kappa shape index (κ3) is 28.7. The Morgan fingerprint density at radius 3 is 1.74 bits per heavy atom. The number of carbonyl (C=O) groups is 16. The van der Waals surface area contributed by atoms with Crippen LogP contribution in [0.1, 0.15) is 100.0 Å². The lowest BCUT2D eigenvalue weighted by Crippen LogP contribution is -2.64. The number of para-hydroxylation sites is 1. The van der Waals surface area contributed by atoms with Crippen LogP contribution in [0.4, 0.5) is 13.2 Å². The zero-order chi connectivity index (χ0) is 97.0. The minimum atomic E-state index is -2.03. The van der Waals surface area contributed by atoms with Crippen molar-refractivity contribution in [2.75, 3.05) is 78.6 Å². The molecule has 42 heteroatoms. The lowest BCUT2D eigenvalue weighted by molar-refractivity contribution is -0.152. The lowest BCUT2D eigenvalue weighted by Gasteiger charge is -2.38. The first-order chi connectivity index (χ1) is 63.4. The van der Waals surface area contributed by atoms with Crippen LogP contribution in [0.2, 0.25) is 0 Å². The minimum absolute atomic E-state index is 0.0218. The molecule has 1 aromatic heterocycles. The molecule has 14 atom stereocenters. The van der Waals surface area contributed by atoms with Gasteiger partial charge in [0.15, 0.2) is 17.5 Å². The van der Waals surface area contributed by atoms with Crippen LogP contribution in [-0.4, -0.2) is 308 Å². The molecule has 0 unspecified atom stereocenters. The van der Waals surface area contributed by atoms with Gasteiger partial charge in [-0.2, -0.15) is 0 Å². The summed E-state index contributed by atoms with van der Waals surface area (Å²) in [6, 6.07) is 7.76. The number of nitrogens with two attached hydrogens (primary N) is 2. The number of thioether (sulfide) groups is 1. The van der Waals surface area contributed by atoms with Crippen LogP contribution < -0.4 is 59.3 Å². The minimum Gasteiger partial charge on any atom is -0.508 e. The number of hydrogen-bond acceptors (Lipinski definition) is 22. The Morgan fingerprint density at radius 2 is 1.12 bits per heavy atom. The molecule has 18 N–H and O–H groups in total. The first-order valence-electron chi connectivity index (χ1n) is 43.7. The average molecular weight is 1870 g/mol. The Balaban J connectivity index is 1.13. The number of aliphatic hydroxyl groups is 2. The molecule has 133 heavy (non-hydrogen) atoms. The van der Waals surface area contributed by atoms with E-state index in [1.807, 2.05) is 0 Å². The number of nitrogens with one attached hydrogen (secondary N) is 10. The molecule has 0 bridgehead atoms. The third-order valence-electron chi connectivity index (χ3n) is 23.3. The summed E-state index contributed by atoms with van der Waals surface area (Å²) in [5.41, 5.74) is 13.4. The monoisotopic (exact) mass is 1870 g/mol. The molecule has 5 aromatic carbocycles. The second kappa shape index (κ2) is 49.4. The second-order valence-electron chi connectivity index (χ2n) is 33.4. The standard InChI is InChI=1S/C91H116F3N17O21S/c1-7-8-25-69-90(130)111-46-57(114)42-71(111)85(125)104-66(43-76(117)118)83(123)106-78(50(2)3)91(131)108(5)70(39-51-18-11-9-12-19-51)84(124)101-63(24-17-31-95)88(128)110-32-34-132-47-73(110)86(126)103-65(41-55-44-97-61-23-16-15-22-58(55)61)82(122)102-64(37-53-26-28-56(113)29-27-53)81(121)100-62(30-33-112)80(120)105-68(79(119)98-45-74(96)115)48-133-49-75(116)99-67(38-54-35-59(92)77(94)60(93)36-54)87(127)109(6)72(89(129)107(69)4)40-52-20-13-10-14-21-52/h9-16,18-23,26-29,35-36,44,50,57,62-73,78,97,112-114H,7-8,17,24-25,30-34,37-43,45-49,95H2,1-6H3,(H2,96,115)(H,98,119)(H,99,116)(H,100,121)(H,101,124)(H,102,122)(H,103,126)(H,104,125)(H,105,120)(H,106,123)(H,117,118)/t57-,62+,63+,64+,65+,66+,67+,68+,69+,70+,71-,72+,73-,78+/m1/s1. The Bertz CT molecular complexity index is 5120. The smallest absolute Gasteiger partial charge is 0.305 e. The number of benzene rings is 5. The Morgan fingerprint density at radius 1 is 0.564 bits per heavy atom. The number of morpholine rings is 1. The van der Waals surface area contributed by atoms with Gasteiger partial charge in [0.2, 0.25) is 88.6 Å². The van der Waals surface area contributed by atoms with Gasteiger partial charge in [0.1, 0.15) is 84.3 Å². The molecule has 0 radical (unpaired) electrons. The molecule has 3 fully saturated rings. The third-order valence-corrected chi connectivity index (χ3v) is 24.4. The number of aromatic nitrogens is 1. The van der Waals surface area contributed by atoms with E-state index in [-0.39, 0.29) is 70.4 Å². The van der Waals surface area contributed by atoms with E-state index in [2.05, 4.69) is 52.8 Å². The van der Waals surface area contributed by atoms with Gasteiger partial charge in [0.05, 0.1) is 38.0 Å². The average Bonchev–Trinajstić information content (AvgIpc) is 1.70. The van der Waals surface area contributed by atoms with Gasteiger partial charge in [-0.25, -0.2) is 13.2 Å². The van der Waals surface area contributed by atoms with Crippen molar-refractivity contribution < 1.29 is 115 Å². The highest BCUT2D eigenvalue weighted by molar-refractivity contribution is 8.00. The fraction of sp³-hybridized carbons (Fsp3) is 0.473. The highest BCUT2D eigenvalue weighted by Crippen LogP contribution is 2.28. The van der Waals surface area contributed by atoms with E-state index in [0.717, 1.165) is 31.5 Å². The molecule has 3 aliphatic rings. The summed E-state index contributed by atoms with van der Waals surface area (Å²) in [6.45, 7) is 1.68. The maximum atomic E-state index is 15.7. The van der Waals surface area contributed by atoms with E-state index in [1.165, 1.54) is 52.2 Å². The van der Waals surface area contributed by atoms with Crippen LogP contribution >= 0.6 is 11.8 Å². The van der Waals surface area contributed by atoms with Gasteiger partial charge < -0.3 is 114 Å². The van der Waals surface area contributed by atoms with Crippen LogP contribution in [0.25, 0.3) is 10.9 Å². The Labute approximate surface area is 769 Å². The molecule has 15 amide bonds. The number of likely N-dealkylation sites (N-methyl/N-ethyl adjacent to an activating group) is 3. The number of ether oxygens (including phenoxy) is 1. The maximum absolute atomic E-state index is 15.7. The van der Waals surface area contributed by atoms with Gasteiger partial charge in [-0.3, -0.25) is 76.7 Å². The number of aromatic amines is 1. The molecule has 718 valence electrons. The fourth-order valence-electron chi connectivity index (χ4n) is 16.0. The molecule has 6 aromatic rings. The number of halogens is 3. The van der Waals surface area contributed by atoms with E-state index >= 15 is 51.9 Å². The quantitative estimate of drug-likeness (QED) is 0.0328. The number of rotatable bonds is 24. The number of aliphatic hydroxyl groups excluding tert-OH is 2. The largest absolute Gasteiger partial charge is 0.508 e. The molecule has 38 nitrogen and oxygen atoms in total. The number of carboxylic acid groups (broad SMARTS) is 1. The van der Waals surface area contributed by atoms with Crippen LogP contribution in [0.5, 0.6) is 5.75 Å². The zero-order valence-electron chi connectivity index (χ0n) is 74.5. The molecule has 3 aliphatic heterocycles. The maximum Gasteiger partial charge on any atom is 0.305 e. The summed E-state index contributed by atoms with van der Waals surface area (Å²) in [4.78, 5) is 245. The number of H-pyrrole nitrogens is 1. The number of phenols is 1. The lowest BCUT2D eigenvalue weighted by atomic mass is 9.98. The van der Waals surface area contributed by atoms with Crippen molar-refractivity contribution in [2.24, 2.45) is 17.4 Å². The van der Waals surface area contributed by atoms with Crippen molar-refractivity contribution in [2.45, 2.75) is 189 Å². The van der Waals surface area contributed by atoms with E-state index in [0.29, 0.717) is 63.5 Å². The van der Waals surface area contributed by atoms with E-state index in [4.69, 9.17) is 16.2 Å². The highest BCUT2D eigenvalue weighted by Gasteiger charge is 2.48. The van der Waals surface area contributed by atoms with Crippen LogP contribution in [0.3, 0.4) is 0 Å². The first-order valence-corrected chi connectivity index (χ1v) is 44.9. The number of fused-ring (bicyclic) bond motifs is 3. The number of phenolic OH excluding ortho intramolecular Hbond substituents is 1. The number of nitrogens with zero attached hydrogens (tertiary/aromatic N) is 5. The van der Waals surface area contributed by atoms with Crippen LogP contribution in [-0.2, 0) is 114 Å². The van der Waals surface area contributed by atoms with Gasteiger partial charge in [-0.05, 0) is 96.3 Å². The summed E-state index contributed by atoms with van der Waals surface area (Å²) in [5.74, 6) is -25.0. The summed E-state index contributed by atoms with van der Waals surface area (Å²) in [7, 11) is 3.63. The van der Waals surface area contributed by atoms with Crippen molar-refractivity contribution in [3.8, 4) is 5.75 Å². The van der Waals surface area contributed by atoms with Crippen molar-refractivity contribution in [1.29, 1.82) is 0 Å². The van der Waals surface area contributed by atoms with Crippen molar-refractivity contribution in [1.82, 2.24) is 77.3 Å². The van der Waals surface area contributed by atoms with Crippen LogP contribution in [0, 0.1) is 23.4 Å². The molecular weight excluding hydrogens is 1760 g/mol. The van der Waals surface area contributed by atoms with Crippen LogP contribution in [0.15, 0.2) is 128 Å². The fourth-order valence-corrected chi connectivity index (χ4v) is 16.9. The van der Waals surface area contributed by atoms with E-state index in [9.17, 15) is 58.4 Å². The number of carbonyl (C=O) groups excluding carboxylic acids is 15. The highest BCUT2D eigenvalue weighted by atomic mass is 32.2. The summed E-state index contributed by atoms with van der Waals surface area (Å²) < 4.78 is 50.9. The molecule has 4 heterocycles. The number of aliphatic carboxylic acids is 1. The number of carboxylic acids is 1. The number of aromatic hydroxyl groups is 1. The molecule has 9 rings (SSSR count). The number of hydrogen-bond donors (Lipinski definition) is 16. The summed E-state index contributed by atoms with van der Waals surface area (Å²) in [5, 5.41) is 66.2. The number of primary amides is 1. The van der Waals surface area contributed by atoms with Gasteiger partial charge in [0, 0.05) is 102 Å². The predicted molar refractivity (Wildman–Crippen MR) is 478 cm³/mol. The first kappa shape index (κ1) is 104. The molecule has 3 saturated heterocycles. The molecule has 0 spiro atoms. The van der Waals surface area contributed by atoms with Gasteiger partial charge >= 0.3 is 5.97 Å². The summed E-state index contributed by atoms with van der Waals surface area (Å²) >= 11 is 0.611. The van der Waals surface area contributed by atoms with Crippen molar-refractivity contribution in [3.05, 3.63) is 173 Å². The van der Waals surface area contributed by atoms with Crippen molar-refractivity contribution in [3.63, 3.8) is 0 Å². The predicted octanol–water partition coefficient (Wildman–Crippen LogP) is -0.857. The SMILES string of the molecule is CCCC[C@H]1C(=O)N2C[C@H](O)C[C@@H]2C(=O)N[C@@H](CC(=O)O)C(=O)N[C@@H](C(C)C)C(=O)N(C)[C@@H](Cc2ccccc2)C(=O)N[C@@H](CCCN)C(=O)N2CCOC[C@@H]2C(=O)N[C@@H](Cc2c[nH]c3ccccc23)C(=O)N[C@@H](Cc2ccc(O)cc2)C(=O)N[C@@H](CCO)C(=O)N[C@H](C(=O)NCC(N)=O)CSCC(=O)N[C@@H](Cc2cc(F)c(F)c(F)c2)C(=O)N(C)[C@@H](Cc2ccccc2)C(=O)N1C. The topological polar surface area (TPSA) is 556 Å². The Kier molecular flexibility index (Phi) is 38.5. The van der Waals surface area contributed by atoms with Gasteiger partial charge in [-0.15, -0.1) is 11.8 Å². The Hall–Kier alpha value is -13.1. The van der Waals surface area contributed by atoms with E-state index in [1.54, 1.807) is 98.0 Å². The molecular formula is C91H116F3N17O21S. The number of amides is 15.